The number of hydrogen-bond acceptors (Lipinski definition) is 4. The predicted molar refractivity (Wildman–Crippen MR) is 80.2 cm³/mol. The zero-order valence-electron chi connectivity index (χ0n) is 11.0. The van der Waals surface area contributed by atoms with Crippen LogP contribution in [0.1, 0.15) is 12.8 Å². The summed E-state index contributed by atoms with van der Waals surface area (Å²) in [6.45, 7) is 0.901. The Bertz CT molecular complexity index is 704. The van der Waals surface area contributed by atoms with Gasteiger partial charge in [-0.05, 0) is 36.9 Å². The molecule has 5 nitrogen and oxygen atoms in total. The maximum Gasteiger partial charge on any atom is 0.234 e. The Hall–Kier alpha value is -1.66. The highest BCUT2D eigenvalue weighted by atomic mass is 32.2. The van der Waals surface area contributed by atoms with Gasteiger partial charge in [0.25, 0.3) is 0 Å². The minimum absolute atomic E-state index is 0.0561. The number of hydrogen-bond donors (Lipinski definition) is 2. The fourth-order valence-electron chi connectivity index (χ4n) is 2.58. The average molecular weight is 291 g/mol. The molecule has 1 fully saturated rings. The summed E-state index contributed by atoms with van der Waals surface area (Å²) in [5.74, 6) is 0.115. The second-order valence-electron chi connectivity index (χ2n) is 5.08. The maximum atomic E-state index is 12.2. The van der Waals surface area contributed by atoms with Gasteiger partial charge in [-0.3, -0.25) is 9.71 Å². The molecule has 20 heavy (non-hydrogen) atoms. The molecule has 0 saturated carbocycles. The molecule has 1 aromatic heterocycles. The third kappa shape index (κ3) is 2.91. The van der Waals surface area contributed by atoms with Crippen molar-refractivity contribution < 1.29 is 8.42 Å². The molecule has 2 aromatic rings. The lowest BCUT2D eigenvalue weighted by molar-refractivity contribution is 0.582. The summed E-state index contributed by atoms with van der Waals surface area (Å²) >= 11 is 0. The topological polar surface area (TPSA) is 71.1 Å². The van der Waals surface area contributed by atoms with Crippen molar-refractivity contribution in [1.29, 1.82) is 0 Å². The molecule has 106 valence electrons. The second kappa shape index (κ2) is 5.38. The molecule has 0 radical (unpaired) electrons. The number of aromatic nitrogens is 1. The number of sulfonamides is 1. The largest absolute Gasteiger partial charge is 0.313 e. The van der Waals surface area contributed by atoms with Crippen LogP contribution in [0.5, 0.6) is 0 Å². The number of pyridine rings is 1. The van der Waals surface area contributed by atoms with Crippen LogP contribution >= 0.6 is 0 Å². The summed E-state index contributed by atoms with van der Waals surface area (Å²) in [5.41, 5.74) is 0.591. The molecule has 0 amide bonds. The van der Waals surface area contributed by atoms with Crippen molar-refractivity contribution >= 4 is 26.5 Å². The van der Waals surface area contributed by atoms with Gasteiger partial charge in [-0.1, -0.05) is 12.1 Å². The molecule has 1 aliphatic rings. The maximum absolute atomic E-state index is 12.2. The smallest absolute Gasteiger partial charge is 0.234 e. The first-order valence-corrected chi connectivity index (χ1v) is 8.36. The van der Waals surface area contributed by atoms with Crippen LogP contribution in [0.15, 0.2) is 36.7 Å². The Morgan fingerprint density at radius 2 is 2.25 bits per heavy atom. The number of fused-ring (bicyclic) bond motifs is 1. The van der Waals surface area contributed by atoms with Gasteiger partial charge in [-0.2, -0.15) is 0 Å². The van der Waals surface area contributed by atoms with Crippen LogP contribution in [0.25, 0.3) is 10.8 Å². The third-order valence-corrected chi connectivity index (χ3v) is 4.90. The van der Waals surface area contributed by atoms with Gasteiger partial charge < -0.3 is 5.32 Å². The first kappa shape index (κ1) is 13.3. The van der Waals surface area contributed by atoms with E-state index in [1.165, 1.54) is 0 Å². The van der Waals surface area contributed by atoms with Crippen molar-refractivity contribution in [3.63, 3.8) is 0 Å². The lowest BCUT2D eigenvalue weighted by Crippen LogP contribution is -2.32. The van der Waals surface area contributed by atoms with E-state index in [2.05, 4.69) is 15.0 Å². The van der Waals surface area contributed by atoms with E-state index in [-0.39, 0.29) is 11.8 Å². The normalized spacial score (nSPS) is 19.3. The van der Waals surface area contributed by atoms with Crippen LogP contribution in [-0.4, -0.2) is 31.7 Å². The van der Waals surface area contributed by atoms with Crippen LogP contribution < -0.4 is 10.0 Å². The molecule has 0 bridgehead atoms. The van der Waals surface area contributed by atoms with Crippen LogP contribution in [0.3, 0.4) is 0 Å². The zero-order chi connectivity index (χ0) is 14.0. The summed E-state index contributed by atoms with van der Waals surface area (Å²) in [6, 6.07) is 7.47. The van der Waals surface area contributed by atoms with Crippen molar-refractivity contribution in [3.8, 4) is 0 Å². The molecule has 1 atom stereocenters. The lowest BCUT2D eigenvalue weighted by atomic mass is 10.1. The Morgan fingerprint density at radius 3 is 3.05 bits per heavy atom. The van der Waals surface area contributed by atoms with Gasteiger partial charge in [0.2, 0.25) is 10.0 Å². The Balaban J connectivity index is 1.85. The van der Waals surface area contributed by atoms with Crippen molar-refractivity contribution in [2.24, 2.45) is 0 Å². The molecule has 1 aromatic carbocycles. The monoisotopic (exact) mass is 291 g/mol. The molecule has 1 aliphatic heterocycles. The van der Waals surface area contributed by atoms with E-state index in [4.69, 9.17) is 0 Å². The van der Waals surface area contributed by atoms with Crippen LogP contribution in [0.2, 0.25) is 0 Å². The van der Waals surface area contributed by atoms with Crippen LogP contribution in [0.4, 0.5) is 5.69 Å². The van der Waals surface area contributed by atoms with E-state index < -0.39 is 10.0 Å². The third-order valence-electron chi connectivity index (χ3n) is 3.53. The Morgan fingerprint density at radius 1 is 1.35 bits per heavy atom. The molecular weight excluding hydrogens is 274 g/mol. The molecular formula is C14H17N3O2S. The second-order valence-corrected chi connectivity index (χ2v) is 6.85. The van der Waals surface area contributed by atoms with Gasteiger partial charge in [0.1, 0.15) is 0 Å². The van der Waals surface area contributed by atoms with E-state index >= 15 is 0 Å². The molecule has 3 rings (SSSR count). The van der Waals surface area contributed by atoms with E-state index in [1.54, 1.807) is 18.5 Å². The van der Waals surface area contributed by atoms with Crippen molar-refractivity contribution in [3.05, 3.63) is 36.7 Å². The quantitative estimate of drug-likeness (QED) is 0.900. The van der Waals surface area contributed by atoms with E-state index in [9.17, 15) is 8.42 Å². The highest BCUT2D eigenvalue weighted by Crippen LogP contribution is 2.23. The minimum Gasteiger partial charge on any atom is -0.313 e. The number of rotatable bonds is 4. The fourth-order valence-corrected chi connectivity index (χ4v) is 3.99. The highest BCUT2D eigenvalue weighted by molar-refractivity contribution is 7.92. The fraction of sp³-hybridized carbons (Fsp3) is 0.357. The number of benzene rings is 1. The lowest BCUT2D eigenvalue weighted by Gasteiger charge is -2.14. The molecule has 0 aliphatic carbocycles. The van der Waals surface area contributed by atoms with Gasteiger partial charge in [-0.15, -0.1) is 0 Å². The summed E-state index contributed by atoms with van der Waals surface area (Å²) in [4.78, 5) is 4.06. The number of anilines is 1. The molecule has 2 heterocycles. The van der Waals surface area contributed by atoms with Gasteiger partial charge in [0.05, 0.1) is 11.4 Å². The van der Waals surface area contributed by atoms with Crippen molar-refractivity contribution in [2.45, 2.75) is 18.9 Å². The first-order chi connectivity index (χ1) is 9.64. The zero-order valence-corrected chi connectivity index (χ0v) is 11.9. The Kier molecular flexibility index (Phi) is 3.58. The van der Waals surface area contributed by atoms with Crippen molar-refractivity contribution in [1.82, 2.24) is 10.3 Å². The van der Waals surface area contributed by atoms with Crippen LogP contribution in [0, 0.1) is 0 Å². The summed E-state index contributed by atoms with van der Waals surface area (Å²) in [7, 11) is -3.35. The van der Waals surface area contributed by atoms with Crippen LogP contribution in [-0.2, 0) is 10.0 Å². The number of nitrogens with one attached hydrogen (secondary N) is 2. The van der Waals surface area contributed by atoms with Gasteiger partial charge in [0, 0.05) is 23.8 Å². The summed E-state index contributed by atoms with van der Waals surface area (Å²) < 4.78 is 27.1. The minimum atomic E-state index is -3.35. The standard InChI is InChI=1S/C14H17N3O2S/c18-20(19,10-12-4-2-7-16-12)17-14-5-1-3-11-6-8-15-9-13(11)14/h1,3,5-6,8-9,12,16-17H,2,4,7,10H2. The molecule has 0 spiro atoms. The van der Waals surface area contributed by atoms with E-state index in [0.717, 1.165) is 30.2 Å². The molecule has 6 heteroatoms. The molecule has 1 unspecified atom stereocenters. The SMILES string of the molecule is O=S(=O)(CC1CCCN1)Nc1cccc2ccncc12. The average Bonchev–Trinajstić information content (AvgIpc) is 2.91. The first-order valence-electron chi connectivity index (χ1n) is 6.71. The molecule has 1 saturated heterocycles. The number of nitrogens with zero attached hydrogens (tertiary/aromatic N) is 1. The van der Waals surface area contributed by atoms with Crippen molar-refractivity contribution in [2.75, 3.05) is 17.0 Å². The molecule has 2 N–H and O–H groups in total. The van der Waals surface area contributed by atoms with Gasteiger partial charge in [-0.25, -0.2) is 8.42 Å². The summed E-state index contributed by atoms with van der Waals surface area (Å²) in [5, 5.41) is 4.99. The Labute approximate surface area is 118 Å². The highest BCUT2D eigenvalue weighted by Gasteiger charge is 2.22. The van der Waals surface area contributed by atoms with Gasteiger partial charge in [0.15, 0.2) is 0 Å². The van der Waals surface area contributed by atoms with E-state index in [1.807, 2.05) is 18.2 Å². The van der Waals surface area contributed by atoms with E-state index in [0.29, 0.717) is 5.69 Å². The predicted octanol–water partition coefficient (Wildman–Crippen LogP) is 1.73. The van der Waals surface area contributed by atoms with Gasteiger partial charge >= 0.3 is 0 Å². The summed E-state index contributed by atoms with van der Waals surface area (Å²) in [6.07, 6.45) is 5.33.